The highest BCUT2D eigenvalue weighted by Crippen LogP contribution is 2.15. The van der Waals surface area contributed by atoms with Crippen LogP contribution in [0.15, 0.2) is 18.2 Å². The van der Waals surface area contributed by atoms with Gasteiger partial charge in [0.1, 0.15) is 5.69 Å². The summed E-state index contributed by atoms with van der Waals surface area (Å²) >= 11 is 0. The Labute approximate surface area is 87.1 Å². The van der Waals surface area contributed by atoms with Crippen LogP contribution in [0.3, 0.4) is 0 Å². The molecule has 0 atom stereocenters. The normalized spacial score (nSPS) is 10.5. The van der Waals surface area contributed by atoms with Crippen LogP contribution in [-0.4, -0.2) is 15.9 Å². The van der Waals surface area contributed by atoms with Gasteiger partial charge in [0.15, 0.2) is 0 Å². The number of hydrogen-bond donors (Lipinski definition) is 1. The van der Waals surface area contributed by atoms with Gasteiger partial charge in [0, 0.05) is 0 Å². The molecule has 0 aliphatic rings. The van der Waals surface area contributed by atoms with Crippen LogP contribution in [0.4, 0.5) is 0 Å². The van der Waals surface area contributed by atoms with Gasteiger partial charge in [0.2, 0.25) is 0 Å². The van der Waals surface area contributed by atoms with Crippen molar-refractivity contribution in [3.8, 4) is 0 Å². The van der Waals surface area contributed by atoms with Crippen molar-refractivity contribution in [2.24, 2.45) is 5.73 Å². The minimum atomic E-state index is -0.537. The predicted molar refractivity (Wildman–Crippen MR) is 57.5 cm³/mol. The van der Waals surface area contributed by atoms with Gasteiger partial charge >= 0.3 is 0 Å². The van der Waals surface area contributed by atoms with Gasteiger partial charge in [-0.05, 0) is 25.5 Å². The molecule has 4 heteroatoms. The van der Waals surface area contributed by atoms with Gasteiger partial charge in [0.25, 0.3) is 5.91 Å². The molecule has 0 unspecified atom stereocenters. The number of fused-ring (bicyclic) bond motifs is 1. The molecule has 2 rings (SSSR count). The van der Waals surface area contributed by atoms with E-state index < -0.39 is 5.91 Å². The number of carbonyl (C=O) groups is 1. The zero-order valence-corrected chi connectivity index (χ0v) is 8.61. The fraction of sp³-hybridized carbons (Fsp3) is 0.182. The van der Waals surface area contributed by atoms with Crippen LogP contribution in [0.2, 0.25) is 0 Å². The number of amides is 1. The molecular formula is C11H11N3O. The Morgan fingerprint density at radius 3 is 2.67 bits per heavy atom. The van der Waals surface area contributed by atoms with Crippen molar-refractivity contribution >= 4 is 16.9 Å². The first-order chi connectivity index (χ1) is 7.09. The lowest BCUT2D eigenvalue weighted by molar-refractivity contribution is 0.0995. The zero-order valence-electron chi connectivity index (χ0n) is 8.61. The number of hydrogen-bond acceptors (Lipinski definition) is 3. The summed E-state index contributed by atoms with van der Waals surface area (Å²) < 4.78 is 0. The Bertz CT molecular complexity index is 549. The van der Waals surface area contributed by atoms with Crippen molar-refractivity contribution in [2.45, 2.75) is 13.8 Å². The Morgan fingerprint density at radius 2 is 2.00 bits per heavy atom. The lowest BCUT2D eigenvalue weighted by Crippen LogP contribution is -2.16. The highest BCUT2D eigenvalue weighted by molar-refractivity contribution is 5.94. The fourth-order valence-electron chi connectivity index (χ4n) is 1.54. The molecule has 2 aromatic rings. The molecule has 0 fully saturated rings. The topological polar surface area (TPSA) is 68.9 Å². The summed E-state index contributed by atoms with van der Waals surface area (Å²) in [6, 6.07) is 5.71. The van der Waals surface area contributed by atoms with Crippen LogP contribution in [-0.2, 0) is 0 Å². The van der Waals surface area contributed by atoms with E-state index in [0.29, 0.717) is 5.69 Å². The molecule has 0 bridgehead atoms. The highest BCUT2D eigenvalue weighted by atomic mass is 16.1. The molecule has 4 nitrogen and oxygen atoms in total. The molecule has 0 spiro atoms. The van der Waals surface area contributed by atoms with Gasteiger partial charge in [-0.3, -0.25) is 4.79 Å². The number of nitrogens with zero attached hydrogens (tertiary/aromatic N) is 2. The lowest BCUT2D eigenvalue weighted by Gasteiger charge is -2.04. The highest BCUT2D eigenvalue weighted by Gasteiger charge is 2.10. The van der Waals surface area contributed by atoms with E-state index >= 15 is 0 Å². The molecule has 1 heterocycles. The average molecular weight is 201 g/mol. The first kappa shape index (κ1) is 9.58. The van der Waals surface area contributed by atoms with Gasteiger partial charge in [-0.25, -0.2) is 9.97 Å². The minimum absolute atomic E-state index is 0.247. The van der Waals surface area contributed by atoms with E-state index in [1.807, 2.05) is 25.1 Å². The van der Waals surface area contributed by atoms with Gasteiger partial charge < -0.3 is 5.73 Å². The summed E-state index contributed by atoms with van der Waals surface area (Å²) in [5.41, 5.74) is 8.54. The second-order valence-electron chi connectivity index (χ2n) is 3.46. The first-order valence-electron chi connectivity index (χ1n) is 4.63. The Balaban J connectivity index is 2.83. The third-order valence-corrected chi connectivity index (χ3v) is 2.30. The molecule has 2 N–H and O–H groups in total. The molecule has 0 radical (unpaired) electrons. The van der Waals surface area contributed by atoms with Crippen LogP contribution in [0.25, 0.3) is 11.0 Å². The summed E-state index contributed by atoms with van der Waals surface area (Å²) in [5, 5.41) is 0. The first-order valence-corrected chi connectivity index (χ1v) is 4.63. The molecule has 0 aliphatic heterocycles. The van der Waals surface area contributed by atoms with Gasteiger partial charge in [-0.2, -0.15) is 0 Å². The lowest BCUT2D eigenvalue weighted by atomic mass is 10.2. The fourth-order valence-corrected chi connectivity index (χ4v) is 1.54. The van der Waals surface area contributed by atoms with E-state index in [1.54, 1.807) is 6.92 Å². The maximum atomic E-state index is 11.1. The number of nitrogens with two attached hydrogens (primary N) is 1. The second kappa shape index (κ2) is 3.31. The summed E-state index contributed by atoms with van der Waals surface area (Å²) in [5.74, 6) is -0.537. The number of benzene rings is 1. The molecule has 1 aromatic carbocycles. The van der Waals surface area contributed by atoms with E-state index in [1.165, 1.54) is 0 Å². The van der Waals surface area contributed by atoms with Gasteiger partial charge in [-0.1, -0.05) is 12.1 Å². The largest absolute Gasteiger partial charge is 0.364 e. The van der Waals surface area contributed by atoms with E-state index in [0.717, 1.165) is 16.6 Å². The number of rotatable bonds is 1. The van der Waals surface area contributed by atoms with Crippen molar-refractivity contribution in [3.63, 3.8) is 0 Å². The van der Waals surface area contributed by atoms with E-state index in [2.05, 4.69) is 9.97 Å². The van der Waals surface area contributed by atoms with E-state index in [-0.39, 0.29) is 5.69 Å². The van der Waals surface area contributed by atoms with Crippen molar-refractivity contribution in [1.29, 1.82) is 0 Å². The van der Waals surface area contributed by atoms with Gasteiger partial charge in [-0.15, -0.1) is 0 Å². The van der Waals surface area contributed by atoms with E-state index in [4.69, 9.17) is 5.73 Å². The summed E-state index contributed by atoms with van der Waals surface area (Å²) in [7, 11) is 0. The number of carbonyl (C=O) groups excluding carboxylic acids is 1. The summed E-state index contributed by atoms with van der Waals surface area (Å²) in [4.78, 5) is 19.6. The maximum Gasteiger partial charge on any atom is 0.269 e. The van der Waals surface area contributed by atoms with Crippen LogP contribution in [0.1, 0.15) is 21.7 Å². The molecule has 1 amide bonds. The summed E-state index contributed by atoms with van der Waals surface area (Å²) in [6.07, 6.45) is 0. The second-order valence-corrected chi connectivity index (χ2v) is 3.46. The van der Waals surface area contributed by atoms with Gasteiger partial charge in [0.05, 0.1) is 16.7 Å². The SMILES string of the molecule is Cc1nc2cccc(C)c2nc1C(N)=O. The number of aryl methyl sites for hydroxylation is 2. The summed E-state index contributed by atoms with van der Waals surface area (Å²) in [6.45, 7) is 3.66. The minimum Gasteiger partial charge on any atom is -0.364 e. The van der Waals surface area contributed by atoms with Crippen molar-refractivity contribution in [1.82, 2.24) is 9.97 Å². The molecule has 0 saturated carbocycles. The van der Waals surface area contributed by atoms with Crippen LogP contribution in [0, 0.1) is 13.8 Å². The van der Waals surface area contributed by atoms with Crippen LogP contribution < -0.4 is 5.73 Å². The zero-order chi connectivity index (χ0) is 11.0. The van der Waals surface area contributed by atoms with Crippen molar-refractivity contribution in [2.75, 3.05) is 0 Å². The number of para-hydroxylation sites is 1. The third kappa shape index (κ3) is 1.54. The van der Waals surface area contributed by atoms with E-state index in [9.17, 15) is 4.79 Å². The predicted octanol–water partition coefficient (Wildman–Crippen LogP) is 1.35. The van der Waals surface area contributed by atoms with Crippen LogP contribution in [0.5, 0.6) is 0 Å². The quantitative estimate of drug-likeness (QED) is 0.757. The Hall–Kier alpha value is -1.97. The smallest absolute Gasteiger partial charge is 0.269 e. The molecule has 76 valence electrons. The number of aromatic nitrogens is 2. The molecular weight excluding hydrogens is 190 g/mol. The van der Waals surface area contributed by atoms with Crippen molar-refractivity contribution < 1.29 is 4.79 Å². The average Bonchev–Trinajstić information content (AvgIpc) is 2.16. The maximum absolute atomic E-state index is 11.1. The number of primary amides is 1. The molecule has 1 aromatic heterocycles. The Morgan fingerprint density at radius 1 is 1.27 bits per heavy atom. The monoisotopic (exact) mass is 201 g/mol. The van der Waals surface area contributed by atoms with Crippen LogP contribution >= 0.6 is 0 Å². The standard InChI is InChI=1S/C11H11N3O/c1-6-4-3-5-8-9(6)14-10(11(12)15)7(2)13-8/h3-5H,1-2H3,(H2,12,15). The molecule has 0 saturated heterocycles. The third-order valence-electron chi connectivity index (χ3n) is 2.30. The molecule has 15 heavy (non-hydrogen) atoms. The van der Waals surface area contributed by atoms with Crippen molar-refractivity contribution in [3.05, 3.63) is 35.2 Å². The Kier molecular flexibility index (Phi) is 2.11. The molecule has 0 aliphatic carbocycles.